The molecule has 1 fully saturated rings. The number of nitrogens with zero attached hydrogens (tertiary/aromatic N) is 7. The Morgan fingerprint density at radius 2 is 1.71 bits per heavy atom. The summed E-state index contributed by atoms with van der Waals surface area (Å²) in [6.07, 6.45) is -5.84. The zero-order chi connectivity index (χ0) is 24.7. The standard InChI is InChI=1S/C21H19F4N7O2S/c1-4-35-18-15(28-19(31(18)3)32-9-26-16(29-32)10-5-6-10)17-27-11-7-13-14(8-12(11)30(17)2)34-21(24,25)20(22,23)33-13/h7-10H,4-6H2,1-3H3. The highest BCUT2D eigenvalue weighted by Crippen LogP contribution is 2.48. The fraction of sp³-hybridized carbons (Fsp3) is 0.429. The molecule has 0 amide bonds. The molecule has 1 aromatic carbocycles. The molecule has 0 unspecified atom stereocenters. The van der Waals surface area contributed by atoms with Gasteiger partial charge < -0.3 is 18.6 Å². The third-order valence-electron chi connectivity index (χ3n) is 5.93. The highest BCUT2D eigenvalue weighted by atomic mass is 32.2. The Morgan fingerprint density at radius 1 is 1.03 bits per heavy atom. The molecule has 1 aliphatic heterocycles. The van der Waals surface area contributed by atoms with E-state index in [-0.39, 0.29) is 5.52 Å². The van der Waals surface area contributed by atoms with E-state index in [1.54, 1.807) is 34.4 Å². The van der Waals surface area contributed by atoms with E-state index in [0.717, 1.165) is 35.5 Å². The van der Waals surface area contributed by atoms with E-state index in [1.165, 1.54) is 6.07 Å². The van der Waals surface area contributed by atoms with Crippen LogP contribution < -0.4 is 9.47 Å². The first-order chi connectivity index (χ1) is 16.6. The molecule has 4 aromatic rings. The smallest absolute Gasteiger partial charge is 0.421 e. The molecule has 35 heavy (non-hydrogen) atoms. The highest BCUT2D eigenvalue weighted by Gasteiger charge is 2.66. The van der Waals surface area contributed by atoms with Gasteiger partial charge in [0.1, 0.15) is 17.0 Å². The Labute approximate surface area is 200 Å². The number of alkyl halides is 4. The molecule has 0 atom stereocenters. The molecule has 9 nitrogen and oxygen atoms in total. The van der Waals surface area contributed by atoms with E-state index in [0.29, 0.717) is 28.9 Å². The van der Waals surface area contributed by atoms with Gasteiger partial charge in [-0.1, -0.05) is 6.92 Å². The van der Waals surface area contributed by atoms with Crippen molar-refractivity contribution in [1.82, 2.24) is 33.9 Å². The lowest BCUT2D eigenvalue weighted by Crippen LogP contribution is -2.52. The van der Waals surface area contributed by atoms with Crippen molar-refractivity contribution in [3.8, 4) is 29.0 Å². The van der Waals surface area contributed by atoms with E-state index < -0.39 is 23.7 Å². The summed E-state index contributed by atoms with van der Waals surface area (Å²) in [6, 6.07) is 2.37. The van der Waals surface area contributed by atoms with E-state index >= 15 is 0 Å². The predicted octanol–water partition coefficient (Wildman–Crippen LogP) is 4.50. The first kappa shape index (κ1) is 22.2. The van der Waals surface area contributed by atoms with Gasteiger partial charge in [-0.25, -0.2) is 15.0 Å². The molecule has 0 bridgehead atoms. The molecule has 1 aliphatic carbocycles. The van der Waals surface area contributed by atoms with Gasteiger partial charge in [0.05, 0.1) is 11.0 Å². The zero-order valence-corrected chi connectivity index (χ0v) is 19.6. The molecule has 0 saturated heterocycles. The fourth-order valence-electron chi connectivity index (χ4n) is 3.99. The third-order valence-corrected chi connectivity index (χ3v) is 6.96. The summed E-state index contributed by atoms with van der Waals surface area (Å²) < 4.78 is 68.4. The van der Waals surface area contributed by atoms with Gasteiger partial charge in [-0.15, -0.1) is 16.9 Å². The molecule has 6 rings (SSSR count). The second-order valence-corrected chi connectivity index (χ2v) is 9.65. The van der Waals surface area contributed by atoms with Crippen molar-refractivity contribution >= 4 is 22.8 Å². The summed E-state index contributed by atoms with van der Waals surface area (Å²) in [6.45, 7) is 2.00. The van der Waals surface area contributed by atoms with Gasteiger partial charge in [-0.05, 0) is 18.6 Å². The van der Waals surface area contributed by atoms with Crippen LogP contribution in [0, 0.1) is 0 Å². The van der Waals surface area contributed by atoms with Crippen LogP contribution in [0.15, 0.2) is 23.5 Å². The van der Waals surface area contributed by atoms with Gasteiger partial charge in [0.15, 0.2) is 23.1 Å². The van der Waals surface area contributed by atoms with Crippen molar-refractivity contribution < 1.29 is 27.0 Å². The fourth-order valence-corrected chi connectivity index (χ4v) is 4.81. The number of benzene rings is 1. The van der Waals surface area contributed by atoms with Gasteiger partial charge in [0.25, 0.3) is 0 Å². The molecule has 1 saturated carbocycles. The summed E-state index contributed by atoms with van der Waals surface area (Å²) in [4.78, 5) is 13.7. The summed E-state index contributed by atoms with van der Waals surface area (Å²) in [5.41, 5.74) is 1.19. The number of hydrogen-bond donors (Lipinski definition) is 0. The molecular formula is C21H19F4N7O2S. The quantitative estimate of drug-likeness (QED) is 0.289. The van der Waals surface area contributed by atoms with E-state index in [1.807, 2.05) is 18.5 Å². The maximum absolute atomic E-state index is 13.7. The largest absolute Gasteiger partial charge is 0.507 e. The van der Waals surface area contributed by atoms with Crippen LogP contribution in [0.1, 0.15) is 31.5 Å². The minimum atomic E-state index is -4.80. The second kappa shape index (κ2) is 7.35. The average Bonchev–Trinajstić information content (AvgIpc) is 3.33. The second-order valence-electron chi connectivity index (χ2n) is 8.40. The molecular weight excluding hydrogens is 490 g/mol. The number of halogens is 4. The Kier molecular flexibility index (Phi) is 4.66. The molecule has 2 aliphatic rings. The van der Waals surface area contributed by atoms with Crippen molar-refractivity contribution in [2.45, 2.75) is 42.9 Å². The van der Waals surface area contributed by atoms with E-state index in [2.05, 4.69) is 24.5 Å². The normalized spacial score (nSPS) is 18.4. The average molecular weight is 509 g/mol. The molecule has 184 valence electrons. The molecule has 0 N–H and O–H groups in total. The molecule has 4 heterocycles. The van der Waals surface area contributed by atoms with Crippen LogP contribution in [-0.4, -0.2) is 51.8 Å². The summed E-state index contributed by atoms with van der Waals surface area (Å²) in [5, 5.41) is 5.37. The van der Waals surface area contributed by atoms with Crippen LogP contribution in [0.25, 0.3) is 28.5 Å². The number of fused-ring (bicyclic) bond motifs is 2. The van der Waals surface area contributed by atoms with Crippen molar-refractivity contribution in [2.75, 3.05) is 5.75 Å². The lowest BCUT2D eigenvalue weighted by atomic mass is 10.2. The van der Waals surface area contributed by atoms with Gasteiger partial charge in [-0.2, -0.15) is 22.2 Å². The van der Waals surface area contributed by atoms with Crippen LogP contribution in [0.5, 0.6) is 11.5 Å². The zero-order valence-electron chi connectivity index (χ0n) is 18.8. The number of aromatic nitrogens is 7. The lowest BCUT2D eigenvalue weighted by molar-refractivity contribution is -0.391. The van der Waals surface area contributed by atoms with Crippen molar-refractivity contribution in [3.05, 3.63) is 24.3 Å². The Hall–Kier alpha value is -3.29. The maximum Gasteiger partial charge on any atom is 0.507 e. The van der Waals surface area contributed by atoms with Crippen molar-refractivity contribution in [3.63, 3.8) is 0 Å². The Balaban J connectivity index is 1.48. The number of rotatable bonds is 5. The number of aryl methyl sites for hydroxylation is 1. The Bertz CT molecular complexity index is 1470. The van der Waals surface area contributed by atoms with Gasteiger partial charge in [0, 0.05) is 32.1 Å². The van der Waals surface area contributed by atoms with E-state index in [4.69, 9.17) is 4.98 Å². The monoisotopic (exact) mass is 509 g/mol. The van der Waals surface area contributed by atoms with E-state index in [9.17, 15) is 17.6 Å². The third kappa shape index (κ3) is 3.37. The van der Waals surface area contributed by atoms with Crippen molar-refractivity contribution in [2.24, 2.45) is 14.1 Å². The van der Waals surface area contributed by atoms with Gasteiger partial charge in [0.2, 0.25) is 5.95 Å². The molecule has 3 aromatic heterocycles. The SMILES string of the molecule is CCSc1c(-c2nc3cc4c(cc3n2C)OC(F)(F)C(F)(F)O4)nc(-n2cnc(C3CC3)n2)n1C. The highest BCUT2D eigenvalue weighted by molar-refractivity contribution is 7.99. The molecule has 0 spiro atoms. The van der Waals surface area contributed by atoms with Crippen LogP contribution in [0.2, 0.25) is 0 Å². The van der Waals surface area contributed by atoms with Gasteiger partial charge in [-0.3, -0.25) is 0 Å². The van der Waals surface area contributed by atoms with Crippen LogP contribution in [-0.2, 0) is 14.1 Å². The summed E-state index contributed by atoms with van der Waals surface area (Å²) >= 11 is 1.55. The van der Waals surface area contributed by atoms with Crippen LogP contribution in [0.4, 0.5) is 17.6 Å². The molecule has 0 radical (unpaired) electrons. The summed E-state index contributed by atoms with van der Waals surface area (Å²) in [7, 11) is 3.54. The number of imidazole rings is 2. The maximum atomic E-state index is 13.7. The number of hydrogen-bond acceptors (Lipinski definition) is 7. The van der Waals surface area contributed by atoms with Crippen LogP contribution >= 0.6 is 11.8 Å². The lowest BCUT2D eigenvalue weighted by Gasteiger charge is -2.31. The Morgan fingerprint density at radius 3 is 2.37 bits per heavy atom. The predicted molar refractivity (Wildman–Crippen MR) is 117 cm³/mol. The van der Waals surface area contributed by atoms with Crippen LogP contribution in [0.3, 0.4) is 0 Å². The van der Waals surface area contributed by atoms with Crippen molar-refractivity contribution in [1.29, 1.82) is 0 Å². The van der Waals surface area contributed by atoms with Gasteiger partial charge >= 0.3 is 12.2 Å². The number of thioether (sulfide) groups is 1. The minimum absolute atomic E-state index is 0.266. The first-order valence-electron chi connectivity index (χ1n) is 10.9. The first-order valence-corrected chi connectivity index (χ1v) is 11.8. The summed E-state index contributed by atoms with van der Waals surface area (Å²) in [5.74, 6) is 1.85. The molecule has 14 heteroatoms. The minimum Gasteiger partial charge on any atom is -0.421 e. The number of ether oxygens (including phenoxy) is 2. The topological polar surface area (TPSA) is 84.8 Å².